The molecule has 0 radical (unpaired) electrons. The fraction of sp³-hybridized carbons (Fsp3) is 0.833. The quantitative estimate of drug-likeness (QED) is 0.290. The van der Waals surface area contributed by atoms with Gasteiger partial charge in [0.05, 0.1) is 0 Å². The van der Waals surface area contributed by atoms with Crippen LogP contribution in [0.3, 0.4) is 0 Å². The predicted molar refractivity (Wildman–Crippen MR) is 60.1 cm³/mol. The molecule has 0 rings (SSSR count). The number of carbonyl (C=O) groups is 2. The number of ether oxygens (including phenoxy) is 1. The van der Waals surface area contributed by atoms with Crippen molar-refractivity contribution in [1.29, 1.82) is 0 Å². The van der Waals surface area contributed by atoms with Gasteiger partial charge in [0.2, 0.25) is 0 Å². The van der Waals surface area contributed by atoms with E-state index < -0.39 is 37.1 Å². The normalized spacial score (nSPS) is 12.3. The fourth-order valence-electron chi connectivity index (χ4n) is 1.42. The van der Waals surface area contributed by atoms with E-state index in [4.69, 9.17) is 0 Å². The van der Waals surface area contributed by atoms with Crippen LogP contribution in [0.4, 0.5) is 26.3 Å². The zero-order valence-electron chi connectivity index (χ0n) is 11.1. The van der Waals surface area contributed by atoms with Gasteiger partial charge in [-0.05, 0) is 25.7 Å². The first-order chi connectivity index (χ1) is 9.49. The highest BCUT2D eigenvalue weighted by Gasteiger charge is 2.27. The average molecular weight is 322 g/mol. The Hall–Kier alpha value is -1.28. The van der Waals surface area contributed by atoms with Crippen molar-refractivity contribution in [2.24, 2.45) is 0 Å². The van der Waals surface area contributed by atoms with Crippen LogP contribution in [-0.2, 0) is 14.3 Å². The van der Waals surface area contributed by atoms with Crippen LogP contribution in [0.2, 0.25) is 0 Å². The molecular weight excluding hydrogens is 306 g/mol. The van der Waals surface area contributed by atoms with Crippen LogP contribution >= 0.6 is 0 Å². The summed E-state index contributed by atoms with van der Waals surface area (Å²) in [7, 11) is 0. The fourth-order valence-corrected chi connectivity index (χ4v) is 1.42. The molecule has 0 aromatic carbocycles. The van der Waals surface area contributed by atoms with Gasteiger partial charge in [-0.2, -0.15) is 26.3 Å². The lowest BCUT2D eigenvalue weighted by molar-refractivity contribution is -0.161. The van der Waals surface area contributed by atoms with Gasteiger partial charge >= 0.3 is 24.3 Å². The Morgan fingerprint density at radius 1 is 0.667 bits per heavy atom. The molecular formula is C12H16F6O3. The summed E-state index contributed by atoms with van der Waals surface area (Å²) in [5, 5.41) is 0. The van der Waals surface area contributed by atoms with Crippen LogP contribution in [0.15, 0.2) is 0 Å². The van der Waals surface area contributed by atoms with Crippen molar-refractivity contribution in [3.63, 3.8) is 0 Å². The first-order valence-electron chi connectivity index (χ1n) is 6.36. The number of unbranched alkanes of at least 4 members (excludes halogenated alkanes) is 2. The lowest BCUT2D eigenvalue weighted by Gasteiger charge is -2.06. The maximum Gasteiger partial charge on any atom is 0.389 e. The summed E-state index contributed by atoms with van der Waals surface area (Å²) in [4.78, 5) is 22.1. The van der Waals surface area contributed by atoms with Gasteiger partial charge in [-0.1, -0.05) is 0 Å². The summed E-state index contributed by atoms with van der Waals surface area (Å²) >= 11 is 0. The van der Waals surface area contributed by atoms with Gasteiger partial charge in [0.15, 0.2) is 0 Å². The lowest BCUT2D eigenvalue weighted by Crippen LogP contribution is -2.13. The average Bonchev–Trinajstić information content (AvgIpc) is 2.28. The van der Waals surface area contributed by atoms with Gasteiger partial charge in [0, 0.05) is 25.7 Å². The lowest BCUT2D eigenvalue weighted by atomic mass is 10.2. The first-order valence-corrected chi connectivity index (χ1v) is 6.36. The Morgan fingerprint density at radius 2 is 1.00 bits per heavy atom. The van der Waals surface area contributed by atoms with E-state index in [0.29, 0.717) is 0 Å². The largest absolute Gasteiger partial charge is 0.393 e. The van der Waals surface area contributed by atoms with Crippen molar-refractivity contribution in [1.82, 2.24) is 0 Å². The number of hydrogen-bond donors (Lipinski definition) is 0. The van der Waals surface area contributed by atoms with E-state index in [1.807, 2.05) is 0 Å². The molecule has 0 aliphatic rings. The second-order valence-electron chi connectivity index (χ2n) is 4.49. The SMILES string of the molecule is O=C(CCCCC(F)(F)F)OC(=O)CCCCC(F)(F)F. The summed E-state index contributed by atoms with van der Waals surface area (Å²) in [5.41, 5.74) is 0. The predicted octanol–water partition coefficient (Wildman–Crippen LogP) is 4.30. The second-order valence-corrected chi connectivity index (χ2v) is 4.49. The zero-order chi connectivity index (χ0) is 16.5. The van der Waals surface area contributed by atoms with Crippen molar-refractivity contribution in [2.75, 3.05) is 0 Å². The molecule has 0 saturated carbocycles. The Balaban J connectivity index is 3.64. The monoisotopic (exact) mass is 322 g/mol. The summed E-state index contributed by atoms with van der Waals surface area (Å²) in [6.45, 7) is 0. The number of halogens is 6. The van der Waals surface area contributed by atoms with E-state index in [-0.39, 0.29) is 38.5 Å². The third kappa shape index (κ3) is 14.9. The summed E-state index contributed by atoms with van der Waals surface area (Å²) in [6, 6.07) is 0. The number of esters is 2. The van der Waals surface area contributed by atoms with Gasteiger partial charge in [0.1, 0.15) is 0 Å². The summed E-state index contributed by atoms with van der Waals surface area (Å²) in [6.07, 6.45) is -11.9. The van der Waals surface area contributed by atoms with Gasteiger partial charge < -0.3 is 4.74 Å². The molecule has 0 unspecified atom stereocenters. The minimum atomic E-state index is -4.29. The summed E-state index contributed by atoms with van der Waals surface area (Å²) in [5.74, 6) is -1.92. The van der Waals surface area contributed by atoms with Crippen LogP contribution in [0, 0.1) is 0 Å². The molecule has 0 atom stereocenters. The molecule has 0 bridgehead atoms. The number of rotatable bonds is 8. The van der Waals surface area contributed by atoms with Gasteiger partial charge in [-0.3, -0.25) is 9.59 Å². The van der Waals surface area contributed by atoms with E-state index in [2.05, 4.69) is 4.74 Å². The molecule has 0 aliphatic heterocycles. The molecule has 0 N–H and O–H groups in total. The molecule has 3 nitrogen and oxygen atoms in total. The molecule has 0 aliphatic carbocycles. The van der Waals surface area contributed by atoms with Crippen LogP contribution in [0.5, 0.6) is 0 Å². The molecule has 0 fully saturated rings. The number of hydrogen-bond acceptors (Lipinski definition) is 3. The van der Waals surface area contributed by atoms with Crippen LogP contribution in [-0.4, -0.2) is 24.3 Å². The first kappa shape index (κ1) is 19.7. The van der Waals surface area contributed by atoms with E-state index >= 15 is 0 Å². The van der Waals surface area contributed by atoms with Crippen LogP contribution in [0.25, 0.3) is 0 Å². The Labute approximate surface area is 117 Å². The van der Waals surface area contributed by atoms with Crippen molar-refractivity contribution >= 4 is 11.9 Å². The standard InChI is InChI=1S/C12H16F6O3/c13-11(14,15)7-3-1-5-9(19)21-10(20)6-2-4-8-12(16,17)18/h1-8H2. The van der Waals surface area contributed by atoms with Crippen molar-refractivity contribution < 1.29 is 40.7 Å². The Kier molecular flexibility index (Phi) is 8.34. The van der Waals surface area contributed by atoms with E-state index in [1.165, 1.54) is 0 Å². The maximum atomic E-state index is 11.8. The number of alkyl halides is 6. The van der Waals surface area contributed by atoms with Crippen molar-refractivity contribution in [3.05, 3.63) is 0 Å². The third-order valence-electron chi connectivity index (χ3n) is 2.41. The highest BCUT2D eigenvalue weighted by molar-refractivity contribution is 5.85. The smallest absolute Gasteiger partial charge is 0.389 e. The number of carbonyl (C=O) groups excluding carboxylic acids is 2. The van der Waals surface area contributed by atoms with Gasteiger partial charge in [-0.15, -0.1) is 0 Å². The molecule has 0 heterocycles. The Bertz CT molecular complexity index is 303. The van der Waals surface area contributed by atoms with E-state index in [0.717, 1.165) is 0 Å². The van der Waals surface area contributed by atoms with E-state index in [9.17, 15) is 35.9 Å². The highest BCUT2D eigenvalue weighted by Crippen LogP contribution is 2.23. The summed E-state index contributed by atoms with van der Waals surface area (Å²) < 4.78 is 75.1. The third-order valence-corrected chi connectivity index (χ3v) is 2.41. The maximum absolute atomic E-state index is 11.8. The Morgan fingerprint density at radius 3 is 1.29 bits per heavy atom. The molecule has 9 heteroatoms. The van der Waals surface area contributed by atoms with Crippen molar-refractivity contribution in [3.8, 4) is 0 Å². The molecule has 0 aromatic heterocycles. The molecule has 0 spiro atoms. The van der Waals surface area contributed by atoms with Crippen molar-refractivity contribution in [2.45, 2.75) is 63.7 Å². The molecule has 0 aromatic rings. The van der Waals surface area contributed by atoms with Crippen LogP contribution in [0.1, 0.15) is 51.4 Å². The van der Waals surface area contributed by atoms with Gasteiger partial charge in [0.25, 0.3) is 0 Å². The van der Waals surface area contributed by atoms with E-state index in [1.54, 1.807) is 0 Å². The minimum Gasteiger partial charge on any atom is -0.393 e. The topological polar surface area (TPSA) is 43.4 Å². The molecule has 21 heavy (non-hydrogen) atoms. The highest BCUT2D eigenvalue weighted by atomic mass is 19.4. The second kappa shape index (κ2) is 8.89. The zero-order valence-corrected chi connectivity index (χ0v) is 11.1. The van der Waals surface area contributed by atoms with Crippen LogP contribution < -0.4 is 0 Å². The minimum absolute atomic E-state index is 0.0697. The molecule has 0 saturated heterocycles. The molecule has 124 valence electrons. The van der Waals surface area contributed by atoms with Gasteiger partial charge in [-0.25, -0.2) is 0 Å². The molecule has 0 amide bonds.